The summed E-state index contributed by atoms with van der Waals surface area (Å²) in [6.07, 6.45) is 0.450. The zero-order valence-electron chi connectivity index (χ0n) is 19.1. The van der Waals surface area contributed by atoms with Crippen LogP contribution in [0.1, 0.15) is 44.6 Å². The van der Waals surface area contributed by atoms with Gasteiger partial charge in [-0.25, -0.2) is 19.1 Å². The summed E-state index contributed by atoms with van der Waals surface area (Å²) in [5, 5.41) is 10.2. The van der Waals surface area contributed by atoms with Crippen LogP contribution in [0.15, 0.2) is 40.3 Å². The van der Waals surface area contributed by atoms with Gasteiger partial charge in [-0.15, -0.1) is 0 Å². The van der Waals surface area contributed by atoms with E-state index in [9.17, 15) is 19.2 Å². The molecule has 1 aromatic heterocycles. The topological polar surface area (TPSA) is 129 Å². The van der Waals surface area contributed by atoms with Gasteiger partial charge in [-0.1, -0.05) is 39.0 Å². The maximum atomic E-state index is 13.0. The standard InChI is InChI=1S/C23H28N4O6/c1-5-16-18(21(29)32-6-2)17(25-23(31)24-16)12-33-22(30)19-14-9-7-8-10-15(14)20(28)27(26-19)11-13(3)4/h7-10,13,16H,5-6,11-12H2,1-4H3,(H2,24,25,31). The van der Waals surface area contributed by atoms with Crippen LogP contribution in [0.4, 0.5) is 4.79 Å². The van der Waals surface area contributed by atoms with Crippen LogP contribution in [0, 0.1) is 5.92 Å². The van der Waals surface area contributed by atoms with Crippen LogP contribution >= 0.6 is 0 Å². The largest absolute Gasteiger partial charge is 0.463 e. The Labute approximate surface area is 190 Å². The molecule has 1 unspecified atom stereocenters. The number of nitrogens with one attached hydrogen (secondary N) is 2. The number of hydrogen-bond donors (Lipinski definition) is 2. The van der Waals surface area contributed by atoms with Crippen molar-refractivity contribution in [2.45, 2.75) is 46.7 Å². The molecule has 0 saturated carbocycles. The van der Waals surface area contributed by atoms with E-state index in [0.29, 0.717) is 23.7 Å². The normalized spacial score (nSPS) is 15.9. The predicted octanol–water partition coefficient (Wildman–Crippen LogP) is 2.12. The molecule has 2 amide bonds. The van der Waals surface area contributed by atoms with Crippen molar-refractivity contribution in [3.05, 3.63) is 51.6 Å². The molecule has 2 heterocycles. The number of hydrogen-bond acceptors (Lipinski definition) is 7. The lowest BCUT2D eigenvalue weighted by Crippen LogP contribution is -2.51. The minimum absolute atomic E-state index is 0.0172. The zero-order chi connectivity index (χ0) is 24.1. The summed E-state index contributed by atoms with van der Waals surface area (Å²) < 4.78 is 11.8. The molecular weight excluding hydrogens is 428 g/mol. The lowest BCUT2D eigenvalue weighted by Gasteiger charge is -2.28. The van der Waals surface area contributed by atoms with Crippen LogP contribution < -0.4 is 16.2 Å². The number of amides is 2. The fraction of sp³-hybridized carbons (Fsp3) is 0.435. The lowest BCUT2D eigenvalue weighted by molar-refractivity contribution is -0.139. The number of aromatic nitrogens is 2. The second kappa shape index (κ2) is 10.3. The molecule has 3 rings (SSSR count). The molecule has 2 N–H and O–H groups in total. The highest BCUT2D eigenvalue weighted by molar-refractivity contribution is 6.02. The van der Waals surface area contributed by atoms with Gasteiger partial charge in [0, 0.05) is 11.9 Å². The number of nitrogens with zero attached hydrogens (tertiary/aromatic N) is 2. The Bertz CT molecular complexity index is 1170. The first kappa shape index (κ1) is 24.0. The molecule has 0 aliphatic carbocycles. The van der Waals surface area contributed by atoms with Crippen molar-refractivity contribution in [1.82, 2.24) is 20.4 Å². The van der Waals surface area contributed by atoms with Gasteiger partial charge in [0.05, 0.1) is 29.3 Å². The Balaban J connectivity index is 1.96. The van der Waals surface area contributed by atoms with E-state index in [1.54, 1.807) is 31.2 Å². The molecule has 2 aromatic rings. The first-order valence-electron chi connectivity index (χ1n) is 10.9. The summed E-state index contributed by atoms with van der Waals surface area (Å²) in [7, 11) is 0. The van der Waals surface area contributed by atoms with E-state index < -0.39 is 24.0 Å². The molecule has 1 atom stereocenters. The third kappa shape index (κ3) is 5.21. The summed E-state index contributed by atoms with van der Waals surface area (Å²) in [6, 6.07) is 5.60. The van der Waals surface area contributed by atoms with Gasteiger partial charge in [0.15, 0.2) is 5.69 Å². The summed E-state index contributed by atoms with van der Waals surface area (Å²) in [5.41, 5.74) is 0.0440. The number of urea groups is 1. The summed E-state index contributed by atoms with van der Waals surface area (Å²) in [5.74, 6) is -1.24. The van der Waals surface area contributed by atoms with E-state index in [1.807, 2.05) is 20.8 Å². The van der Waals surface area contributed by atoms with Gasteiger partial charge in [-0.05, 0) is 25.3 Å². The molecule has 0 radical (unpaired) electrons. The maximum Gasteiger partial charge on any atom is 0.359 e. The monoisotopic (exact) mass is 456 g/mol. The van der Waals surface area contributed by atoms with Crippen molar-refractivity contribution in [2.24, 2.45) is 5.92 Å². The molecule has 0 bridgehead atoms. The van der Waals surface area contributed by atoms with Crippen LogP contribution in [0.3, 0.4) is 0 Å². The van der Waals surface area contributed by atoms with Crippen LogP contribution in [-0.4, -0.2) is 47.0 Å². The molecule has 1 aliphatic rings. The van der Waals surface area contributed by atoms with Gasteiger partial charge in [-0.3, -0.25) is 4.79 Å². The molecule has 1 aromatic carbocycles. The van der Waals surface area contributed by atoms with Crippen molar-refractivity contribution in [2.75, 3.05) is 13.2 Å². The average molecular weight is 456 g/mol. The molecule has 1 aliphatic heterocycles. The fourth-order valence-electron chi connectivity index (χ4n) is 3.64. The SMILES string of the molecule is CCOC(=O)C1=C(COC(=O)c2nn(CC(C)C)c(=O)c3ccccc23)NC(=O)NC1CC. The molecule has 10 heteroatoms. The molecule has 33 heavy (non-hydrogen) atoms. The van der Waals surface area contributed by atoms with E-state index in [4.69, 9.17) is 9.47 Å². The number of esters is 2. The Morgan fingerprint density at radius 3 is 2.42 bits per heavy atom. The van der Waals surface area contributed by atoms with Gasteiger partial charge < -0.3 is 20.1 Å². The third-order valence-electron chi connectivity index (χ3n) is 5.09. The van der Waals surface area contributed by atoms with Crippen molar-refractivity contribution in [3.63, 3.8) is 0 Å². The molecular formula is C23H28N4O6. The molecule has 0 spiro atoms. The van der Waals surface area contributed by atoms with Crippen LogP contribution in [-0.2, 0) is 20.8 Å². The quantitative estimate of drug-likeness (QED) is 0.582. The smallest absolute Gasteiger partial charge is 0.359 e. The number of carbonyl (C=O) groups excluding carboxylic acids is 3. The Kier molecular flexibility index (Phi) is 7.47. The summed E-state index contributed by atoms with van der Waals surface area (Å²) >= 11 is 0. The fourth-order valence-corrected chi connectivity index (χ4v) is 3.64. The highest BCUT2D eigenvalue weighted by Crippen LogP contribution is 2.19. The number of rotatable bonds is 8. The first-order valence-corrected chi connectivity index (χ1v) is 10.9. The Hall–Kier alpha value is -3.69. The third-order valence-corrected chi connectivity index (χ3v) is 5.09. The van der Waals surface area contributed by atoms with Gasteiger partial charge in [0.1, 0.15) is 6.61 Å². The van der Waals surface area contributed by atoms with Crippen molar-refractivity contribution >= 4 is 28.7 Å². The van der Waals surface area contributed by atoms with Crippen molar-refractivity contribution in [3.8, 4) is 0 Å². The highest BCUT2D eigenvalue weighted by atomic mass is 16.5. The second-order valence-corrected chi connectivity index (χ2v) is 8.02. The molecule has 10 nitrogen and oxygen atoms in total. The average Bonchev–Trinajstić information content (AvgIpc) is 2.78. The predicted molar refractivity (Wildman–Crippen MR) is 121 cm³/mol. The van der Waals surface area contributed by atoms with E-state index >= 15 is 0 Å². The van der Waals surface area contributed by atoms with Crippen molar-refractivity contribution in [1.29, 1.82) is 0 Å². The van der Waals surface area contributed by atoms with E-state index in [2.05, 4.69) is 15.7 Å². The molecule has 0 fully saturated rings. The van der Waals surface area contributed by atoms with E-state index in [1.165, 1.54) is 4.68 Å². The Morgan fingerprint density at radius 1 is 1.09 bits per heavy atom. The van der Waals surface area contributed by atoms with Crippen LogP contribution in [0.25, 0.3) is 10.8 Å². The van der Waals surface area contributed by atoms with Gasteiger partial charge >= 0.3 is 18.0 Å². The highest BCUT2D eigenvalue weighted by Gasteiger charge is 2.32. The van der Waals surface area contributed by atoms with Crippen LogP contribution in [0.5, 0.6) is 0 Å². The number of ether oxygens (including phenoxy) is 2. The number of benzene rings is 1. The van der Waals surface area contributed by atoms with Crippen molar-refractivity contribution < 1.29 is 23.9 Å². The lowest BCUT2D eigenvalue weighted by atomic mass is 10.0. The summed E-state index contributed by atoms with van der Waals surface area (Å²) in [4.78, 5) is 50.3. The molecule has 0 saturated heterocycles. The maximum absolute atomic E-state index is 13.0. The Morgan fingerprint density at radius 2 is 1.79 bits per heavy atom. The zero-order valence-corrected chi connectivity index (χ0v) is 19.1. The minimum Gasteiger partial charge on any atom is -0.463 e. The second-order valence-electron chi connectivity index (χ2n) is 8.02. The molecule has 176 valence electrons. The van der Waals surface area contributed by atoms with E-state index in [-0.39, 0.29) is 41.7 Å². The van der Waals surface area contributed by atoms with Gasteiger partial charge in [0.25, 0.3) is 5.56 Å². The van der Waals surface area contributed by atoms with E-state index in [0.717, 1.165) is 0 Å². The number of carbonyl (C=O) groups is 3. The van der Waals surface area contributed by atoms with Crippen LogP contribution in [0.2, 0.25) is 0 Å². The van der Waals surface area contributed by atoms with Gasteiger partial charge in [0.2, 0.25) is 0 Å². The minimum atomic E-state index is -0.778. The van der Waals surface area contributed by atoms with Gasteiger partial charge in [-0.2, -0.15) is 5.10 Å². The summed E-state index contributed by atoms with van der Waals surface area (Å²) in [6.45, 7) is 7.50. The number of fused-ring (bicyclic) bond motifs is 1. The first-order chi connectivity index (χ1) is 15.8.